The van der Waals surface area contributed by atoms with Crippen LogP contribution in [0.15, 0.2) is 24.3 Å². The second kappa shape index (κ2) is 6.66. The van der Waals surface area contributed by atoms with E-state index in [0.29, 0.717) is 11.6 Å². The number of aromatic nitrogens is 1. The molecular formula is C18H19F2N3O2. The van der Waals surface area contributed by atoms with Crippen LogP contribution in [0.1, 0.15) is 40.6 Å². The minimum Gasteiger partial charge on any atom is -0.345 e. The molecule has 0 atom stereocenters. The van der Waals surface area contributed by atoms with Crippen molar-refractivity contribution in [2.75, 3.05) is 11.9 Å². The molecule has 2 aromatic rings. The number of aryl methyl sites for hydroxylation is 1. The molecule has 1 aromatic carbocycles. The lowest BCUT2D eigenvalue weighted by Crippen LogP contribution is -2.33. The standard InChI is InChI=1S/C18H19F2N3O2/c1-10-7-14(11(2)23(10)13-4-5-13)18(25)21-9-17(24)22-12-3-6-15(19)16(20)8-12/h3,6-8,13H,4-5,9H2,1-2H3,(H,21,25)(H,22,24). The Hall–Kier alpha value is -2.70. The lowest BCUT2D eigenvalue weighted by atomic mass is 10.2. The van der Waals surface area contributed by atoms with Crippen molar-refractivity contribution in [3.05, 3.63) is 52.9 Å². The highest BCUT2D eigenvalue weighted by molar-refractivity contribution is 6.00. The third-order valence-corrected chi connectivity index (χ3v) is 4.25. The smallest absolute Gasteiger partial charge is 0.253 e. The molecule has 2 amide bonds. The molecule has 5 nitrogen and oxygen atoms in total. The molecule has 2 N–H and O–H groups in total. The van der Waals surface area contributed by atoms with Gasteiger partial charge in [0.05, 0.1) is 12.1 Å². The van der Waals surface area contributed by atoms with E-state index >= 15 is 0 Å². The van der Waals surface area contributed by atoms with Crippen molar-refractivity contribution < 1.29 is 18.4 Å². The zero-order valence-electron chi connectivity index (χ0n) is 14.0. The van der Waals surface area contributed by atoms with Crippen LogP contribution in [0.4, 0.5) is 14.5 Å². The predicted octanol–water partition coefficient (Wildman–Crippen LogP) is 3.09. The first-order valence-electron chi connectivity index (χ1n) is 8.08. The van der Waals surface area contributed by atoms with Crippen LogP contribution in [0.25, 0.3) is 0 Å². The van der Waals surface area contributed by atoms with Crippen molar-refractivity contribution in [3.8, 4) is 0 Å². The maximum Gasteiger partial charge on any atom is 0.253 e. The van der Waals surface area contributed by atoms with E-state index < -0.39 is 17.5 Å². The topological polar surface area (TPSA) is 63.1 Å². The Morgan fingerprint density at radius 2 is 1.88 bits per heavy atom. The Kier molecular flexibility index (Phi) is 4.57. The van der Waals surface area contributed by atoms with Crippen molar-refractivity contribution in [2.45, 2.75) is 32.7 Å². The molecule has 1 fully saturated rings. The van der Waals surface area contributed by atoms with Crippen molar-refractivity contribution in [1.29, 1.82) is 0 Å². The molecule has 1 aromatic heterocycles. The molecular weight excluding hydrogens is 328 g/mol. The second-order valence-electron chi connectivity index (χ2n) is 6.25. The summed E-state index contributed by atoms with van der Waals surface area (Å²) in [5.41, 5.74) is 2.59. The average Bonchev–Trinajstić information content (AvgIpc) is 3.34. The number of nitrogens with zero attached hydrogens (tertiary/aromatic N) is 1. The van der Waals surface area contributed by atoms with E-state index in [9.17, 15) is 18.4 Å². The maximum absolute atomic E-state index is 13.1. The van der Waals surface area contributed by atoms with Gasteiger partial charge in [-0.15, -0.1) is 0 Å². The number of halogens is 2. The van der Waals surface area contributed by atoms with E-state index in [-0.39, 0.29) is 18.1 Å². The molecule has 0 bridgehead atoms. The molecule has 25 heavy (non-hydrogen) atoms. The fraction of sp³-hybridized carbons (Fsp3) is 0.333. The van der Waals surface area contributed by atoms with E-state index in [4.69, 9.17) is 0 Å². The fourth-order valence-electron chi connectivity index (χ4n) is 2.94. The van der Waals surface area contributed by atoms with Crippen molar-refractivity contribution in [2.24, 2.45) is 0 Å². The molecule has 3 rings (SSSR count). The lowest BCUT2D eigenvalue weighted by Gasteiger charge is -2.09. The molecule has 0 aliphatic heterocycles. The van der Waals surface area contributed by atoms with Gasteiger partial charge in [-0.25, -0.2) is 8.78 Å². The van der Waals surface area contributed by atoms with E-state index in [2.05, 4.69) is 15.2 Å². The third-order valence-electron chi connectivity index (χ3n) is 4.25. The SMILES string of the molecule is Cc1cc(C(=O)NCC(=O)Nc2ccc(F)c(F)c2)c(C)n1C1CC1. The summed E-state index contributed by atoms with van der Waals surface area (Å²) in [4.78, 5) is 24.2. The Morgan fingerprint density at radius 1 is 1.16 bits per heavy atom. The van der Waals surface area contributed by atoms with Crippen molar-refractivity contribution in [3.63, 3.8) is 0 Å². The molecule has 1 aliphatic rings. The van der Waals surface area contributed by atoms with E-state index in [1.807, 2.05) is 19.9 Å². The molecule has 1 aliphatic carbocycles. The van der Waals surface area contributed by atoms with Crippen LogP contribution >= 0.6 is 0 Å². The number of hydrogen-bond acceptors (Lipinski definition) is 2. The third kappa shape index (κ3) is 3.70. The van der Waals surface area contributed by atoms with Gasteiger partial charge in [-0.2, -0.15) is 0 Å². The van der Waals surface area contributed by atoms with Gasteiger partial charge in [-0.05, 0) is 44.9 Å². The van der Waals surface area contributed by atoms with Crippen LogP contribution in [0.3, 0.4) is 0 Å². The predicted molar refractivity (Wildman–Crippen MR) is 89.5 cm³/mol. The molecule has 0 radical (unpaired) electrons. The number of hydrogen-bond donors (Lipinski definition) is 2. The average molecular weight is 347 g/mol. The lowest BCUT2D eigenvalue weighted by molar-refractivity contribution is -0.115. The first-order chi connectivity index (χ1) is 11.9. The highest BCUT2D eigenvalue weighted by Gasteiger charge is 2.28. The molecule has 0 spiro atoms. The summed E-state index contributed by atoms with van der Waals surface area (Å²) in [6.45, 7) is 3.59. The number of rotatable bonds is 5. The highest BCUT2D eigenvalue weighted by atomic mass is 19.2. The van der Waals surface area contributed by atoms with Gasteiger partial charge in [-0.3, -0.25) is 9.59 Å². The Morgan fingerprint density at radius 3 is 2.52 bits per heavy atom. The van der Waals surface area contributed by atoms with Gasteiger partial charge in [0.15, 0.2) is 11.6 Å². The first kappa shape index (κ1) is 17.1. The van der Waals surface area contributed by atoms with Crippen LogP contribution in [0.5, 0.6) is 0 Å². The van der Waals surface area contributed by atoms with Crippen molar-refractivity contribution >= 4 is 17.5 Å². The van der Waals surface area contributed by atoms with E-state index in [1.165, 1.54) is 6.07 Å². The molecule has 7 heteroatoms. The largest absolute Gasteiger partial charge is 0.345 e. The van der Waals surface area contributed by atoms with Crippen LogP contribution in [-0.2, 0) is 4.79 Å². The Bertz CT molecular complexity index is 841. The highest BCUT2D eigenvalue weighted by Crippen LogP contribution is 2.38. The van der Waals surface area contributed by atoms with Gasteiger partial charge in [-0.1, -0.05) is 0 Å². The van der Waals surface area contributed by atoms with Crippen molar-refractivity contribution in [1.82, 2.24) is 9.88 Å². The molecule has 132 valence electrons. The Balaban J connectivity index is 1.59. The summed E-state index contributed by atoms with van der Waals surface area (Å²) in [5.74, 6) is -2.89. The molecule has 1 heterocycles. The van der Waals surface area contributed by atoms with Gasteiger partial charge in [0, 0.05) is 29.2 Å². The quantitative estimate of drug-likeness (QED) is 0.873. The number of carbonyl (C=O) groups is 2. The summed E-state index contributed by atoms with van der Waals surface area (Å²) >= 11 is 0. The van der Waals surface area contributed by atoms with Gasteiger partial charge >= 0.3 is 0 Å². The zero-order valence-corrected chi connectivity index (χ0v) is 14.0. The number of nitrogens with one attached hydrogen (secondary N) is 2. The summed E-state index contributed by atoms with van der Waals surface area (Å²) < 4.78 is 28.1. The van der Waals surface area contributed by atoms with E-state index in [0.717, 1.165) is 36.4 Å². The Labute approximate surface area is 144 Å². The first-order valence-corrected chi connectivity index (χ1v) is 8.08. The number of anilines is 1. The summed E-state index contributed by atoms with van der Waals surface area (Å²) in [6.07, 6.45) is 2.24. The normalized spacial score (nSPS) is 13.6. The van der Waals surface area contributed by atoms with Gasteiger partial charge in [0.25, 0.3) is 5.91 Å². The molecule has 0 unspecified atom stereocenters. The van der Waals surface area contributed by atoms with Crippen LogP contribution in [0, 0.1) is 25.5 Å². The second-order valence-corrected chi connectivity index (χ2v) is 6.25. The summed E-state index contributed by atoms with van der Waals surface area (Å²) in [7, 11) is 0. The minimum atomic E-state index is -1.05. The maximum atomic E-state index is 13.1. The number of benzene rings is 1. The molecule has 1 saturated carbocycles. The summed E-state index contributed by atoms with van der Waals surface area (Å²) in [5, 5.41) is 4.96. The van der Waals surface area contributed by atoms with Crippen LogP contribution in [0.2, 0.25) is 0 Å². The zero-order chi connectivity index (χ0) is 18.1. The van der Waals surface area contributed by atoms with Gasteiger partial charge < -0.3 is 15.2 Å². The molecule has 0 saturated heterocycles. The monoisotopic (exact) mass is 347 g/mol. The van der Waals surface area contributed by atoms with Gasteiger partial charge in [0.2, 0.25) is 5.91 Å². The number of amides is 2. The van der Waals surface area contributed by atoms with E-state index in [1.54, 1.807) is 0 Å². The fourth-order valence-corrected chi connectivity index (χ4v) is 2.94. The van der Waals surface area contributed by atoms with Crippen LogP contribution < -0.4 is 10.6 Å². The number of carbonyl (C=O) groups excluding carboxylic acids is 2. The van der Waals surface area contributed by atoms with Gasteiger partial charge in [0.1, 0.15) is 0 Å². The minimum absolute atomic E-state index is 0.130. The summed E-state index contributed by atoms with van der Waals surface area (Å²) in [6, 6.07) is 5.35. The van der Waals surface area contributed by atoms with Crippen LogP contribution in [-0.4, -0.2) is 22.9 Å².